The monoisotopic (exact) mass is 264 g/mol. The van der Waals surface area contributed by atoms with E-state index in [4.69, 9.17) is 5.73 Å². The Morgan fingerprint density at radius 3 is 2.35 bits per heavy atom. The van der Waals surface area contributed by atoms with Crippen molar-refractivity contribution in [1.29, 1.82) is 0 Å². The molecule has 0 aromatic rings. The van der Waals surface area contributed by atoms with Crippen LogP contribution in [-0.2, 0) is 4.79 Å². The van der Waals surface area contributed by atoms with Crippen molar-refractivity contribution in [3.05, 3.63) is 0 Å². The van der Waals surface area contributed by atoms with Gasteiger partial charge in [-0.25, -0.2) is 0 Å². The summed E-state index contributed by atoms with van der Waals surface area (Å²) < 4.78 is 0. The number of aliphatic hydroxyl groups excluding tert-OH is 1. The zero-order chi connectivity index (χ0) is 12.3. The zero-order valence-corrected chi connectivity index (χ0v) is 11.7. The van der Waals surface area contributed by atoms with E-state index in [0.717, 1.165) is 25.7 Å². The molecule has 0 aromatic carbocycles. The van der Waals surface area contributed by atoms with Gasteiger partial charge in [0.2, 0.25) is 5.91 Å². The van der Waals surface area contributed by atoms with Gasteiger partial charge in [0.05, 0.1) is 18.2 Å². The maximum Gasteiger partial charge on any atom is 0.237 e. The highest BCUT2D eigenvalue weighted by Gasteiger charge is 2.31. The molecule has 1 rings (SSSR count). The smallest absolute Gasteiger partial charge is 0.237 e. The van der Waals surface area contributed by atoms with Crippen LogP contribution in [0.25, 0.3) is 0 Å². The van der Waals surface area contributed by atoms with Crippen LogP contribution < -0.4 is 11.1 Å². The molecule has 4 nitrogen and oxygen atoms in total. The van der Waals surface area contributed by atoms with Gasteiger partial charge >= 0.3 is 0 Å². The van der Waals surface area contributed by atoms with Crippen LogP contribution >= 0.6 is 12.4 Å². The number of hydrogen-bond donors (Lipinski definition) is 3. The number of nitrogens with one attached hydrogen (secondary N) is 1. The van der Waals surface area contributed by atoms with Crippen molar-refractivity contribution in [1.82, 2.24) is 5.32 Å². The molecule has 0 unspecified atom stereocenters. The lowest BCUT2D eigenvalue weighted by Crippen LogP contribution is -2.54. The van der Waals surface area contributed by atoms with E-state index in [1.165, 1.54) is 0 Å². The standard InChI is InChI=1S/C12H24N2O2.ClH/c1-12(2,3)10(13)11(16)14-8-6-4-5-7-9(8)15;/h8-10,15H,4-7,13H2,1-3H3,(H,14,16);1H/t8-,9-,10+;/m0./s1. The van der Waals surface area contributed by atoms with Gasteiger partial charge in [-0.05, 0) is 18.3 Å². The molecule has 102 valence electrons. The summed E-state index contributed by atoms with van der Waals surface area (Å²) >= 11 is 0. The molecular weight excluding hydrogens is 240 g/mol. The maximum atomic E-state index is 11.9. The lowest BCUT2D eigenvalue weighted by molar-refractivity contribution is -0.126. The van der Waals surface area contributed by atoms with Crippen molar-refractivity contribution in [2.75, 3.05) is 0 Å². The molecule has 0 heterocycles. The molecule has 0 aliphatic heterocycles. The van der Waals surface area contributed by atoms with Crippen LogP contribution in [0.2, 0.25) is 0 Å². The normalized spacial score (nSPS) is 26.9. The van der Waals surface area contributed by atoms with Crippen LogP contribution in [0.1, 0.15) is 46.5 Å². The number of hydrogen-bond acceptors (Lipinski definition) is 3. The number of amides is 1. The number of carbonyl (C=O) groups excluding carboxylic acids is 1. The van der Waals surface area contributed by atoms with Gasteiger partial charge in [0, 0.05) is 0 Å². The minimum absolute atomic E-state index is 0. The summed E-state index contributed by atoms with van der Waals surface area (Å²) in [6, 6.07) is -0.642. The lowest BCUT2D eigenvalue weighted by Gasteiger charge is -2.32. The average Bonchev–Trinajstić information content (AvgIpc) is 2.19. The predicted molar refractivity (Wildman–Crippen MR) is 71.1 cm³/mol. The Hall–Kier alpha value is -0.320. The first-order chi connectivity index (χ1) is 7.32. The van der Waals surface area contributed by atoms with Gasteiger partial charge in [-0.2, -0.15) is 0 Å². The summed E-state index contributed by atoms with van der Waals surface area (Å²) in [5, 5.41) is 12.6. The number of aliphatic hydroxyl groups is 1. The second-order valence-corrected chi connectivity index (χ2v) is 5.81. The Labute approximate surface area is 110 Å². The Kier molecular flexibility index (Phi) is 6.45. The third kappa shape index (κ3) is 4.82. The third-order valence-corrected chi connectivity index (χ3v) is 3.27. The zero-order valence-electron chi connectivity index (χ0n) is 10.9. The van der Waals surface area contributed by atoms with E-state index in [0.29, 0.717) is 0 Å². The molecule has 1 saturated carbocycles. The van der Waals surface area contributed by atoms with E-state index in [1.54, 1.807) is 0 Å². The van der Waals surface area contributed by atoms with Gasteiger partial charge in [0.25, 0.3) is 0 Å². The summed E-state index contributed by atoms with van der Waals surface area (Å²) in [4.78, 5) is 11.9. The Morgan fingerprint density at radius 2 is 1.88 bits per heavy atom. The van der Waals surface area contributed by atoms with Gasteiger partial charge in [-0.15, -0.1) is 12.4 Å². The van der Waals surface area contributed by atoms with E-state index < -0.39 is 12.1 Å². The SMILES string of the molecule is CC(C)(C)[C@H](N)C(=O)N[C@H]1CCCC[C@@H]1O.Cl. The highest BCUT2D eigenvalue weighted by molar-refractivity contribution is 5.85. The average molecular weight is 265 g/mol. The van der Waals surface area contributed by atoms with Gasteiger partial charge in [-0.3, -0.25) is 4.79 Å². The Balaban J connectivity index is 0.00000256. The summed E-state index contributed by atoms with van der Waals surface area (Å²) in [5.74, 6) is -0.154. The molecule has 17 heavy (non-hydrogen) atoms. The van der Waals surface area contributed by atoms with Crippen molar-refractivity contribution in [3.63, 3.8) is 0 Å². The van der Waals surface area contributed by atoms with Gasteiger partial charge in [0.1, 0.15) is 0 Å². The highest BCUT2D eigenvalue weighted by Crippen LogP contribution is 2.21. The van der Waals surface area contributed by atoms with E-state index in [9.17, 15) is 9.90 Å². The van der Waals surface area contributed by atoms with Crippen molar-refractivity contribution in [2.24, 2.45) is 11.1 Å². The summed E-state index contributed by atoms with van der Waals surface area (Å²) in [6.45, 7) is 5.82. The molecule has 0 bridgehead atoms. The molecule has 0 spiro atoms. The Morgan fingerprint density at radius 1 is 1.35 bits per heavy atom. The topological polar surface area (TPSA) is 75.4 Å². The number of rotatable bonds is 2. The van der Waals surface area contributed by atoms with Crippen molar-refractivity contribution >= 4 is 18.3 Å². The second kappa shape index (κ2) is 6.57. The van der Waals surface area contributed by atoms with Crippen molar-refractivity contribution in [3.8, 4) is 0 Å². The summed E-state index contributed by atoms with van der Waals surface area (Å²) in [7, 11) is 0. The molecule has 0 radical (unpaired) electrons. The second-order valence-electron chi connectivity index (χ2n) is 5.81. The molecule has 4 N–H and O–H groups in total. The number of nitrogens with two attached hydrogens (primary N) is 1. The largest absolute Gasteiger partial charge is 0.391 e. The number of carbonyl (C=O) groups is 1. The molecule has 1 aliphatic carbocycles. The van der Waals surface area contributed by atoms with E-state index in [1.807, 2.05) is 20.8 Å². The van der Waals surface area contributed by atoms with Crippen LogP contribution in [0.15, 0.2) is 0 Å². The van der Waals surface area contributed by atoms with Crippen LogP contribution in [0.4, 0.5) is 0 Å². The maximum absolute atomic E-state index is 11.9. The van der Waals surface area contributed by atoms with Crippen molar-refractivity contribution in [2.45, 2.75) is 64.6 Å². The molecule has 0 aromatic heterocycles. The molecule has 0 saturated heterocycles. The van der Waals surface area contributed by atoms with Crippen molar-refractivity contribution < 1.29 is 9.90 Å². The lowest BCUT2D eigenvalue weighted by atomic mass is 9.86. The Bertz CT molecular complexity index is 253. The van der Waals surface area contributed by atoms with E-state index in [2.05, 4.69) is 5.32 Å². The molecule has 3 atom stereocenters. The fourth-order valence-corrected chi connectivity index (χ4v) is 1.95. The minimum atomic E-state index is -0.526. The molecule has 1 amide bonds. The van der Waals surface area contributed by atoms with Crippen LogP contribution in [0.3, 0.4) is 0 Å². The first-order valence-corrected chi connectivity index (χ1v) is 6.06. The molecular formula is C12H25ClN2O2. The fraction of sp³-hybridized carbons (Fsp3) is 0.917. The van der Waals surface area contributed by atoms with Crippen LogP contribution in [-0.4, -0.2) is 29.2 Å². The third-order valence-electron chi connectivity index (χ3n) is 3.27. The first kappa shape index (κ1) is 16.7. The molecule has 5 heteroatoms. The van der Waals surface area contributed by atoms with Gasteiger partial charge in [0.15, 0.2) is 0 Å². The minimum Gasteiger partial charge on any atom is -0.391 e. The van der Waals surface area contributed by atoms with E-state index >= 15 is 0 Å². The fourth-order valence-electron chi connectivity index (χ4n) is 1.95. The van der Waals surface area contributed by atoms with E-state index in [-0.39, 0.29) is 29.8 Å². The number of halogens is 1. The van der Waals surface area contributed by atoms with Crippen LogP contribution in [0, 0.1) is 5.41 Å². The molecule has 1 fully saturated rings. The molecule has 1 aliphatic rings. The van der Waals surface area contributed by atoms with Gasteiger partial charge in [-0.1, -0.05) is 33.6 Å². The predicted octanol–water partition coefficient (Wildman–Crippen LogP) is 1.20. The van der Waals surface area contributed by atoms with Crippen LogP contribution in [0.5, 0.6) is 0 Å². The summed E-state index contributed by atoms with van der Waals surface area (Å²) in [6.07, 6.45) is 3.32. The highest BCUT2D eigenvalue weighted by atomic mass is 35.5. The summed E-state index contributed by atoms with van der Waals surface area (Å²) in [5.41, 5.74) is 5.62. The quantitative estimate of drug-likeness (QED) is 0.702. The van der Waals surface area contributed by atoms with Gasteiger partial charge < -0.3 is 16.2 Å². The first-order valence-electron chi connectivity index (χ1n) is 6.06.